The number of rotatable bonds is 5. The molecule has 0 aliphatic carbocycles. The molecule has 0 saturated carbocycles. The maximum Gasteiger partial charge on any atom is 0.270 e. The number of nitrogens with one attached hydrogen (secondary N) is 2. The smallest absolute Gasteiger partial charge is 0.270 e. The fourth-order valence-electron chi connectivity index (χ4n) is 3.30. The van der Waals surface area contributed by atoms with Crippen molar-refractivity contribution in [2.45, 2.75) is 6.92 Å². The molecule has 0 fully saturated rings. The predicted octanol–water partition coefficient (Wildman–Crippen LogP) is 4.87. The zero-order valence-electron chi connectivity index (χ0n) is 17.1. The molecular formula is C25H18FN5O. The zero-order chi connectivity index (χ0) is 22.5. The van der Waals surface area contributed by atoms with E-state index in [1.807, 2.05) is 55.5 Å². The number of nitrogens with zero attached hydrogens (tertiary/aromatic N) is 3. The Morgan fingerprint density at radius 1 is 1.06 bits per heavy atom. The Balaban J connectivity index is 1.54. The van der Waals surface area contributed by atoms with Gasteiger partial charge in [-0.2, -0.15) is 10.4 Å². The molecule has 0 atom stereocenters. The lowest BCUT2D eigenvalue weighted by Gasteiger charge is -2.07. The summed E-state index contributed by atoms with van der Waals surface area (Å²) in [6.07, 6.45) is 1.59. The highest BCUT2D eigenvalue weighted by molar-refractivity contribution is 5.81. The van der Waals surface area contributed by atoms with Crippen molar-refractivity contribution in [2.75, 3.05) is 5.43 Å². The van der Waals surface area contributed by atoms with E-state index in [0.29, 0.717) is 5.56 Å². The number of aromatic nitrogens is 2. The van der Waals surface area contributed by atoms with Crippen molar-refractivity contribution in [1.29, 1.82) is 5.26 Å². The summed E-state index contributed by atoms with van der Waals surface area (Å²) >= 11 is 0. The van der Waals surface area contributed by atoms with E-state index in [-0.39, 0.29) is 23.0 Å². The van der Waals surface area contributed by atoms with Crippen molar-refractivity contribution in [2.24, 2.45) is 5.10 Å². The molecule has 1 aromatic heterocycles. The average Bonchev–Trinajstić information content (AvgIpc) is 2.80. The van der Waals surface area contributed by atoms with Crippen LogP contribution in [0, 0.1) is 24.1 Å². The van der Waals surface area contributed by atoms with Crippen molar-refractivity contribution in [1.82, 2.24) is 9.97 Å². The van der Waals surface area contributed by atoms with Crippen LogP contribution in [0.4, 0.5) is 10.3 Å². The number of nitriles is 1. The molecule has 0 saturated heterocycles. The fourth-order valence-corrected chi connectivity index (χ4v) is 3.30. The maximum absolute atomic E-state index is 13.3. The normalized spacial score (nSPS) is 10.8. The Morgan fingerprint density at radius 3 is 2.50 bits per heavy atom. The number of aromatic amines is 1. The largest absolute Gasteiger partial charge is 0.290 e. The van der Waals surface area contributed by atoms with Crippen LogP contribution in [0.3, 0.4) is 0 Å². The van der Waals surface area contributed by atoms with Crippen LogP contribution in [-0.4, -0.2) is 16.2 Å². The van der Waals surface area contributed by atoms with Gasteiger partial charge in [0.05, 0.1) is 11.9 Å². The SMILES string of the molecule is Cc1cc(F)ccc1-c1ccc(C=NNc2nc(-c3ccccc3)c(C#N)c(=O)[nH]2)cc1. The maximum atomic E-state index is 13.3. The highest BCUT2D eigenvalue weighted by Gasteiger charge is 2.12. The molecule has 0 bridgehead atoms. The molecule has 2 N–H and O–H groups in total. The van der Waals surface area contributed by atoms with E-state index in [0.717, 1.165) is 22.3 Å². The van der Waals surface area contributed by atoms with Crippen LogP contribution < -0.4 is 11.0 Å². The first-order chi connectivity index (χ1) is 15.5. The Kier molecular flexibility index (Phi) is 5.86. The van der Waals surface area contributed by atoms with Crippen LogP contribution in [0.25, 0.3) is 22.4 Å². The van der Waals surface area contributed by atoms with E-state index in [9.17, 15) is 14.4 Å². The van der Waals surface area contributed by atoms with Gasteiger partial charge in [0, 0.05) is 5.56 Å². The molecule has 0 radical (unpaired) electrons. The summed E-state index contributed by atoms with van der Waals surface area (Å²) in [6, 6.07) is 23.2. The molecule has 0 aliphatic rings. The van der Waals surface area contributed by atoms with Gasteiger partial charge in [0.15, 0.2) is 0 Å². The highest BCUT2D eigenvalue weighted by Crippen LogP contribution is 2.24. The van der Waals surface area contributed by atoms with Crippen LogP contribution in [0.2, 0.25) is 0 Å². The molecule has 6 nitrogen and oxygen atoms in total. The van der Waals surface area contributed by atoms with Gasteiger partial charge in [-0.25, -0.2) is 14.8 Å². The third-order valence-corrected chi connectivity index (χ3v) is 4.87. The van der Waals surface area contributed by atoms with Crippen LogP contribution in [-0.2, 0) is 0 Å². The molecule has 0 spiro atoms. The number of hydrazone groups is 1. The molecule has 1 heterocycles. The lowest BCUT2D eigenvalue weighted by Crippen LogP contribution is -2.16. The number of hydrogen-bond acceptors (Lipinski definition) is 5. The molecule has 4 rings (SSSR count). The molecule has 32 heavy (non-hydrogen) atoms. The van der Waals surface area contributed by atoms with Crippen LogP contribution in [0.5, 0.6) is 0 Å². The molecule has 0 unspecified atom stereocenters. The second kappa shape index (κ2) is 9.06. The van der Waals surface area contributed by atoms with E-state index in [4.69, 9.17) is 0 Å². The first-order valence-corrected chi connectivity index (χ1v) is 9.80. The van der Waals surface area contributed by atoms with Gasteiger partial charge in [0.25, 0.3) is 5.56 Å². The number of hydrogen-bond donors (Lipinski definition) is 2. The third-order valence-electron chi connectivity index (χ3n) is 4.87. The number of aryl methyl sites for hydroxylation is 1. The molecule has 156 valence electrons. The molecule has 0 aliphatic heterocycles. The summed E-state index contributed by atoms with van der Waals surface area (Å²) in [5, 5.41) is 13.5. The number of benzene rings is 3. The van der Waals surface area contributed by atoms with E-state index < -0.39 is 5.56 Å². The lowest BCUT2D eigenvalue weighted by molar-refractivity contribution is 0.627. The van der Waals surface area contributed by atoms with E-state index in [1.165, 1.54) is 12.1 Å². The third kappa shape index (κ3) is 4.45. The van der Waals surface area contributed by atoms with Crippen molar-refractivity contribution in [3.63, 3.8) is 0 Å². The first kappa shape index (κ1) is 20.7. The average molecular weight is 423 g/mol. The van der Waals surface area contributed by atoms with Crippen molar-refractivity contribution in [3.05, 3.63) is 106 Å². The van der Waals surface area contributed by atoms with Crippen molar-refractivity contribution >= 4 is 12.2 Å². The fraction of sp³-hybridized carbons (Fsp3) is 0.0400. The van der Waals surface area contributed by atoms with Gasteiger partial charge < -0.3 is 0 Å². The Morgan fingerprint density at radius 2 is 1.81 bits per heavy atom. The number of halogens is 1. The molecule has 7 heteroatoms. The van der Waals surface area contributed by atoms with E-state index >= 15 is 0 Å². The van der Waals surface area contributed by atoms with Gasteiger partial charge in [0.2, 0.25) is 5.95 Å². The summed E-state index contributed by atoms with van der Waals surface area (Å²) < 4.78 is 13.3. The predicted molar refractivity (Wildman–Crippen MR) is 123 cm³/mol. The van der Waals surface area contributed by atoms with Crippen molar-refractivity contribution < 1.29 is 4.39 Å². The Labute approximate surface area is 183 Å². The van der Waals surface area contributed by atoms with E-state index in [1.54, 1.807) is 24.4 Å². The first-order valence-electron chi connectivity index (χ1n) is 9.80. The summed E-state index contributed by atoms with van der Waals surface area (Å²) in [7, 11) is 0. The van der Waals surface area contributed by atoms with Gasteiger partial charge >= 0.3 is 0 Å². The minimum absolute atomic E-state index is 0.0580. The minimum atomic E-state index is -0.543. The van der Waals surface area contributed by atoms with Gasteiger partial charge in [-0.3, -0.25) is 9.78 Å². The number of anilines is 1. The second-order valence-corrected chi connectivity index (χ2v) is 7.07. The summed E-state index contributed by atoms with van der Waals surface area (Å²) in [6.45, 7) is 1.87. The topological polar surface area (TPSA) is 93.9 Å². The van der Waals surface area contributed by atoms with Crippen LogP contribution in [0.1, 0.15) is 16.7 Å². The van der Waals surface area contributed by atoms with Crippen molar-refractivity contribution in [3.8, 4) is 28.5 Å². The lowest BCUT2D eigenvalue weighted by atomic mass is 9.99. The monoisotopic (exact) mass is 423 g/mol. The molecule has 4 aromatic rings. The van der Waals surface area contributed by atoms with Crippen LogP contribution in [0.15, 0.2) is 82.7 Å². The van der Waals surface area contributed by atoms with Gasteiger partial charge in [0.1, 0.15) is 17.4 Å². The quantitative estimate of drug-likeness (QED) is 0.354. The molecule has 3 aromatic carbocycles. The summed E-state index contributed by atoms with van der Waals surface area (Å²) in [4.78, 5) is 19.1. The minimum Gasteiger partial charge on any atom is -0.290 e. The summed E-state index contributed by atoms with van der Waals surface area (Å²) in [5.74, 6) is -0.131. The van der Waals surface area contributed by atoms with Gasteiger partial charge in [-0.1, -0.05) is 60.7 Å². The highest BCUT2D eigenvalue weighted by atomic mass is 19.1. The number of H-pyrrole nitrogens is 1. The van der Waals surface area contributed by atoms with Gasteiger partial charge in [-0.05, 0) is 41.3 Å². The van der Waals surface area contributed by atoms with Gasteiger partial charge in [-0.15, -0.1) is 0 Å². The van der Waals surface area contributed by atoms with E-state index in [2.05, 4.69) is 20.5 Å². The molecule has 0 amide bonds. The second-order valence-electron chi connectivity index (χ2n) is 7.07. The Bertz CT molecular complexity index is 1390. The standard InChI is InChI=1S/C25H18FN5O/c1-16-13-20(26)11-12-21(16)18-9-7-17(8-10-18)15-28-31-25-29-23(19-5-3-2-4-6-19)22(14-27)24(32)30-25/h2-13,15H,1H3,(H2,29,30,31,32). The summed E-state index contributed by atoms with van der Waals surface area (Å²) in [5.41, 5.74) is 6.66. The molecular weight excluding hydrogens is 405 g/mol. The zero-order valence-corrected chi connectivity index (χ0v) is 17.1. The van der Waals surface area contributed by atoms with Crippen LogP contribution >= 0.6 is 0 Å². The Hall–Kier alpha value is -4.57.